The number of hydrogen-bond donors (Lipinski definition) is 8. The minimum absolute atomic E-state index is 0.110. The van der Waals surface area contributed by atoms with Crippen molar-refractivity contribution in [2.75, 3.05) is 33.0 Å². The van der Waals surface area contributed by atoms with Crippen molar-refractivity contribution in [2.45, 2.75) is 80.0 Å². The van der Waals surface area contributed by atoms with E-state index < -0.39 is 99.4 Å². The van der Waals surface area contributed by atoms with Crippen LogP contribution in [0.2, 0.25) is 0 Å². The monoisotopic (exact) mass is 500 g/mol. The second-order valence-electron chi connectivity index (χ2n) is 8.28. The Morgan fingerprint density at radius 3 is 2.18 bits per heavy atom. The van der Waals surface area contributed by atoms with Crippen molar-refractivity contribution in [2.24, 2.45) is 0 Å². The van der Waals surface area contributed by atoms with Crippen LogP contribution in [0.1, 0.15) is 6.42 Å². The maximum Gasteiger partial charge on any atom is 0.329 e. The second kappa shape index (κ2) is 12.3. The van der Waals surface area contributed by atoms with Crippen LogP contribution in [-0.4, -0.2) is 153 Å². The van der Waals surface area contributed by atoms with E-state index in [4.69, 9.17) is 33.5 Å². The highest BCUT2D eigenvalue weighted by atomic mass is 16.7. The van der Waals surface area contributed by atoms with Gasteiger partial charge in [-0.1, -0.05) is 0 Å². The van der Waals surface area contributed by atoms with Crippen LogP contribution in [0.3, 0.4) is 0 Å². The van der Waals surface area contributed by atoms with Crippen molar-refractivity contribution in [1.82, 2.24) is 0 Å². The molecule has 3 heterocycles. The SMILES string of the molecule is O=C(O)CO[C@H]1[C@@H](O)[C@@H](CO)O[C@@H](O[C@@H]2CCO[C@H](CO)[C@H]2O[C@@H]2OC[C@@H](O)[C@@H](O)[C@@H]2O)[C@@H]1O. The van der Waals surface area contributed by atoms with Crippen LogP contribution in [0, 0.1) is 0 Å². The molecule has 3 aliphatic rings. The van der Waals surface area contributed by atoms with Crippen molar-refractivity contribution in [1.29, 1.82) is 0 Å². The Balaban J connectivity index is 1.74. The molecule has 0 aromatic heterocycles. The van der Waals surface area contributed by atoms with Gasteiger partial charge in [0.05, 0.1) is 25.9 Å². The Kier molecular flexibility index (Phi) is 9.93. The molecule has 198 valence electrons. The molecule has 34 heavy (non-hydrogen) atoms. The lowest BCUT2D eigenvalue weighted by Crippen LogP contribution is -2.63. The van der Waals surface area contributed by atoms with E-state index in [0.717, 1.165) is 0 Å². The molecule has 0 radical (unpaired) electrons. The third kappa shape index (κ3) is 6.19. The Morgan fingerprint density at radius 1 is 0.824 bits per heavy atom. The zero-order valence-electron chi connectivity index (χ0n) is 18.1. The highest BCUT2D eigenvalue weighted by molar-refractivity contribution is 5.68. The lowest BCUT2D eigenvalue weighted by molar-refractivity contribution is -0.349. The maximum atomic E-state index is 10.9. The number of carbonyl (C=O) groups is 1. The summed E-state index contributed by atoms with van der Waals surface area (Å²) in [5, 5.41) is 78.7. The van der Waals surface area contributed by atoms with Gasteiger partial charge in [0.25, 0.3) is 0 Å². The molecule has 0 aromatic carbocycles. The summed E-state index contributed by atoms with van der Waals surface area (Å²) in [5.41, 5.74) is 0. The standard InChI is InChI=1S/C19H32O15/c20-3-9-13(26)17(30-6-11(23)24)15(28)19(33-9)32-8-1-2-29-10(4-21)16(8)34-18-14(27)12(25)7(22)5-31-18/h7-10,12-22,25-28H,1-6H2,(H,23,24)/t7-,8-,9-,10-,12-,13+,14+,15-,16+,17+,18+,19-/m1/s1. The van der Waals surface area contributed by atoms with E-state index in [1.54, 1.807) is 0 Å². The molecule has 0 unspecified atom stereocenters. The lowest BCUT2D eigenvalue weighted by Gasteiger charge is -2.46. The number of aliphatic hydroxyl groups excluding tert-OH is 7. The van der Waals surface area contributed by atoms with Gasteiger partial charge in [-0.2, -0.15) is 0 Å². The average Bonchev–Trinajstić information content (AvgIpc) is 2.81. The summed E-state index contributed by atoms with van der Waals surface area (Å²) in [6.07, 6.45) is -16.2. The first kappa shape index (κ1) is 27.5. The highest BCUT2D eigenvalue weighted by Gasteiger charge is 2.49. The van der Waals surface area contributed by atoms with Gasteiger partial charge in [0.1, 0.15) is 61.5 Å². The molecule has 0 amide bonds. The van der Waals surface area contributed by atoms with Crippen molar-refractivity contribution in [3.63, 3.8) is 0 Å². The minimum atomic E-state index is -1.67. The average molecular weight is 500 g/mol. The number of aliphatic carboxylic acids is 1. The van der Waals surface area contributed by atoms with Crippen LogP contribution in [0.25, 0.3) is 0 Å². The summed E-state index contributed by atoms with van der Waals surface area (Å²) in [4.78, 5) is 10.9. The third-order valence-corrected chi connectivity index (χ3v) is 5.92. The number of carboxylic acid groups (broad SMARTS) is 1. The van der Waals surface area contributed by atoms with E-state index in [0.29, 0.717) is 0 Å². The van der Waals surface area contributed by atoms with Crippen molar-refractivity contribution in [3.05, 3.63) is 0 Å². The largest absolute Gasteiger partial charge is 0.480 e. The number of rotatable bonds is 9. The first-order valence-electron chi connectivity index (χ1n) is 10.8. The van der Waals surface area contributed by atoms with Gasteiger partial charge in [-0.3, -0.25) is 0 Å². The number of carboxylic acids is 1. The summed E-state index contributed by atoms with van der Waals surface area (Å²) in [6, 6.07) is 0. The molecule has 0 aliphatic carbocycles. The Hall–Kier alpha value is -1.05. The van der Waals surface area contributed by atoms with Crippen molar-refractivity contribution in [3.8, 4) is 0 Å². The molecule has 12 atom stereocenters. The molecule has 15 heteroatoms. The number of hydrogen-bond acceptors (Lipinski definition) is 14. The van der Waals surface area contributed by atoms with Crippen molar-refractivity contribution >= 4 is 5.97 Å². The Labute approximate surface area is 193 Å². The van der Waals surface area contributed by atoms with Crippen molar-refractivity contribution < 1.29 is 74.1 Å². The van der Waals surface area contributed by atoms with Gasteiger partial charge in [0.2, 0.25) is 0 Å². The van der Waals surface area contributed by atoms with E-state index in [9.17, 15) is 40.5 Å². The molecule has 8 N–H and O–H groups in total. The first-order valence-corrected chi connectivity index (χ1v) is 10.8. The van der Waals surface area contributed by atoms with Crippen LogP contribution in [0.5, 0.6) is 0 Å². The highest BCUT2D eigenvalue weighted by Crippen LogP contribution is 2.31. The van der Waals surface area contributed by atoms with E-state index >= 15 is 0 Å². The molecule has 0 spiro atoms. The van der Waals surface area contributed by atoms with E-state index in [-0.39, 0.29) is 19.6 Å². The normalized spacial score (nSPS) is 45.7. The van der Waals surface area contributed by atoms with Crippen LogP contribution in [0.15, 0.2) is 0 Å². The molecule has 0 aromatic rings. The van der Waals surface area contributed by atoms with Crippen LogP contribution >= 0.6 is 0 Å². The predicted molar refractivity (Wildman–Crippen MR) is 104 cm³/mol. The van der Waals surface area contributed by atoms with Gasteiger partial charge < -0.3 is 69.3 Å². The quantitative estimate of drug-likeness (QED) is 0.148. The minimum Gasteiger partial charge on any atom is -0.480 e. The van der Waals surface area contributed by atoms with Gasteiger partial charge in [0, 0.05) is 6.61 Å². The number of aliphatic hydroxyl groups is 7. The van der Waals surface area contributed by atoms with Crippen LogP contribution < -0.4 is 0 Å². The first-order chi connectivity index (χ1) is 16.2. The zero-order valence-corrected chi connectivity index (χ0v) is 18.1. The molecule has 0 bridgehead atoms. The third-order valence-electron chi connectivity index (χ3n) is 5.92. The molecule has 3 saturated heterocycles. The van der Waals surface area contributed by atoms with Gasteiger partial charge >= 0.3 is 5.97 Å². The molecular weight excluding hydrogens is 468 g/mol. The summed E-state index contributed by atoms with van der Waals surface area (Å²) in [5.74, 6) is -1.34. The molecule has 3 rings (SSSR count). The van der Waals surface area contributed by atoms with E-state index in [1.807, 2.05) is 0 Å². The fourth-order valence-electron chi connectivity index (χ4n) is 4.07. The molecule has 0 saturated carbocycles. The van der Waals surface area contributed by atoms with Gasteiger partial charge in [-0.15, -0.1) is 0 Å². The van der Waals surface area contributed by atoms with Gasteiger partial charge in [0.15, 0.2) is 12.6 Å². The summed E-state index contributed by atoms with van der Waals surface area (Å²) in [6.45, 7) is -2.25. The smallest absolute Gasteiger partial charge is 0.329 e. The summed E-state index contributed by atoms with van der Waals surface area (Å²) >= 11 is 0. The van der Waals surface area contributed by atoms with E-state index in [2.05, 4.69) is 0 Å². The fourth-order valence-corrected chi connectivity index (χ4v) is 4.07. The molecular formula is C19H32O15. The van der Waals surface area contributed by atoms with Gasteiger partial charge in [-0.05, 0) is 6.42 Å². The lowest BCUT2D eigenvalue weighted by atomic mass is 9.98. The zero-order chi connectivity index (χ0) is 25.0. The second-order valence-corrected chi connectivity index (χ2v) is 8.28. The fraction of sp³-hybridized carbons (Fsp3) is 0.947. The maximum absolute atomic E-state index is 10.9. The number of ether oxygens (including phenoxy) is 6. The topological polar surface area (TPSA) is 234 Å². The van der Waals surface area contributed by atoms with Gasteiger partial charge in [-0.25, -0.2) is 4.79 Å². The predicted octanol–water partition coefficient (Wildman–Crippen LogP) is -5.11. The molecule has 15 nitrogen and oxygen atoms in total. The molecule has 3 aliphatic heterocycles. The molecule has 3 fully saturated rings. The summed E-state index contributed by atoms with van der Waals surface area (Å²) in [7, 11) is 0. The van der Waals surface area contributed by atoms with Crippen LogP contribution in [-0.2, 0) is 33.2 Å². The van der Waals surface area contributed by atoms with E-state index in [1.165, 1.54) is 0 Å². The Morgan fingerprint density at radius 2 is 1.53 bits per heavy atom. The summed E-state index contributed by atoms with van der Waals surface area (Å²) < 4.78 is 32.8. The van der Waals surface area contributed by atoms with Crippen LogP contribution in [0.4, 0.5) is 0 Å². The Bertz CT molecular complexity index is 651.